The Kier molecular flexibility index (Phi) is 5.90. The van der Waals surface area contributed by atoms with Crippen LogP contribution in [0.4, 0.5) is 15.8 Å². The summed E-state index contributed by atoms with van der Waals surface area (Å²) in [4.78, 5) is 16.8. The lowest BCUT2D eigenvalue weighted by Crippen LogP contribution is -2.48. The molecule has 1 amide bonds. The Morgan fingerprint density at radius 1 is 0.806 bits per heavy atom. The molecule has 0 aromatic heterocycles. The number of carbonyl (C=O) groups is 1. The van der Waals surface area contributed by atoms with E-state index >= 15 is 0 Å². The number of nitrogens with zero attached hydrogens (tertiary/aromatic N) is 2. The van der Waals surface area contributed by atoms with E-state index in [1.165, 1.54) is 12.1 Å². The van der Waals surface area contributed by atoms with Crippen LogP contribution in [0.1, 0.15) is 10.4 Å². The number of rotatable bonds is 5. The number of sulfonamides is 1. The van der Waals surface area contributed by atoms with Gasteiger partial charge in [-0.05, 0) is 60.7 Å². The lowest BCUT2D eigenvalue weighted by molar-refractivity contribution is 0.0747. The maximum Gasteiger partial charge on any atom is 0.261 e. The first kappa shape index (κ1) is 20.9. The Bertz CT molecular complexity index is 1140. The van der Waals surface area contributed by atoms with Crippen LogP contribution in [0.25, 0.3) is 0 Å². The lowest BCUT2D eigenvalue weighted by atomic mass is 10.1. The summed E-state index contributed by atoms with van der Waals surface area (Å²) < 4.78 is 40.3. The van der Waals surface area contributed by atoms with E-state index in [4.69, 9.17) is 0 Å². The van der Waals surface area contributed by atoms with Crippen molar-refractivity contribution in [1.29, 1.82) is 0 Å². The minimum Gasteiger partial charge on any atom is -0.368 e. The molecule has 3 aromatic rings. The summed E-state index contributed by atoms with van der Waals surface area (Å²) in [5.41, 5.74) is 1.97. The molecule has 0 atom stereocenters. The van der Waals surface area contributed by atoms with Gasteiger partial charge in [-0.1, -0.05) is 18.2 Å². The SMILES string of the molecule is O=C(c1ccc(NS(=O)(=O)c2ccc(F)cc2)cc1)N1CCN(c2ccccc2)CC1. The van der Waals surface area contributed by atoms with Gasteiger partial charge in [0, 0.05) is 43.1 Å². The molecule has 1 N–H and O–H groups in total. The van der Waals surface area contributed by atoms with Crippen LogP contribution < -0.4 is 9.62 Å². The predicted molar refractivity (Wildman–Crippen MR) is 118 cm³/mol. The summed E-state index contributed by atoms with van der Waals surface area (Å²) in [5.74, 6) is -0.591. The van der Waals surface area contributed by atoms with Crippen LogP contribution in [-0.4, -0.2) is 45.4 Å². The maximum absolute atomic E-state index is 13.0. The molecular formula is C23H22FN3O3S. The highest BCUT2D eigenvalue weighted by atomic mass is 32.2. The minimum atomic E-state index is -3.83. The Labute approximate surface area is 181 Å². The number of nitrogens with one attached hydrogen (secondary N) is 1. The van der Waals surface area contributed by atoms with Crippen molar-refractivity contribution >= 4 is 27.3 Å². The van der Waals surface area contributed by atoms with Crippen molar-refractivity contribution in [3.63, 3.8) is 0 Å². The molecular weight excluding hydrogens is 417 g/mol. The molecule has 0 unspecified atom stereocenters. The van der Waals surface area contributed by atoms with Crippen molar-refractivity contribution in [2.75, 3.05) is 35.8 Å². The zero-order valence-corrected chi connectivity index (χ0v) is 17.6. The van der Waals surface area contributed by atoms with Crippen molar-refractivity contribution in [3.05, 3.63) is 90.2 Å². The summed E-state index contributed by atoms with van der Waals surface area (Å²) in [7, 11) is -3.83. The summed E-state index contributed by atoms with van der Waals surface area (Å²) in [5, 5.41) is 0. The van der Waals surface area contributed by atoms with Gasteiger partial charge in [-0.2, -0.15) is 0 Å². The molecule has 0 spiro atoms. The fourth-order valence-electron chi connectivity index (χ4n) is 3.50. The molecule has 0 aliphatic carbocycles. The predicted octanol–water partition coefficient (Wildman–Crippen LogP) is 3.59. The fraction of sp³-hybridized carbons (Fsp3) is 0.174. The first-order chi connectivity index (χ1) is 14.9. The van der Waals surface area contributed by atoms with Crippen molar-refractivity contribution in [2.45, 2.75) is 4.90 Å². The normalized spacial score (nSPS) is 14.4. The Hall–Kier alpha value is -3.39. The van der Waals surface area contributed by atoms with Gasteiger partial charge < -0.3 is 9.80 Å². The number of amides is 1. The molecule has 0 saturated carbocycles. The van der Waals surface area contributed by atoms with E-state index in [0.29, 0.717) is 24.3 Å². The highest BCUT2D eigenvalue weighted by Gasteiger charge is 2.22. The van der Waals surface area contributed by atoms with Crippen LogP contribution in [0.2, 0.25) is 0 Å². The van der Waals surface area contributed by atoms with Gasteiger partial charge in [0.2, 0.25) is 0 Å². The molecule has 3 aromatic carbocycles. The summed E-state index contributed by atoms with van der Waals surface area (Å²) in [6, 6.07) is 21.0. The Balaban J connectivity index is 1.38. The third kappa shape index (κ3) is 4.86. The van der Waals surface area contributed by atoms with E-state index in [1.54, 1.807) is 29.2 Å². The fourth-order valence-corrected chi connectivity index (χ4v) is 4.56. The van der Waals surface area contributed by atoms with E-state index in [9.17, 15) is 17.6 Å². The second kappa shape index (κ2) is 8.77. The molecule has 31 heavy (non-hydrogen) atoms. The van der Waals surface area contributed by atoms with Crippen LogP contribution in [0.5, 0.6) is 0 Å². The Morgan fingerprint density at radius 2 is 1.42 bits per heavy atom. The van der Waals surface area contributed by atoms with Gasteiger partial charge >= 0.3 is 0 Å². The zero-order valence-electron chi connectivity index (χ0n) is 16.7. The molecule has 1 aliphatic heterocycles. The van der Waals surface area contributed by atoms with Crippen molar-refractivity contribution in [2.24, 2.45) is 0 Å². The van der Waals surface area contributed by atoms with Crippen LogP contribution in [-0.2, 0) is 10.0 Å². The van der Waals surface area contributed by atoms with Gasteiger partial charge in [0.05, 0.1) is 4.90 Å². The van der Waals surface area contributed by atoms with Gasteiger partial charge in [0.25, 0.3) is 15.9 Å². The van der Waals surface area contributed by atoms with Gasteiger partial charge in [-0.3, -0.25) is 9.52 Å². The quantitative estimate of drug-likeness (QED) is 0.660. The molecule has 0 radical (unpaired) electrons. The smallest absolute Gasteiger partial charge is 0.261 e. The van der Waals surface area contributed by atoms with Crippen LogP contribution in [0.3, 0.4) is 0 Å². The average Bonchev–Trinajstić information content (AvgIpc) is 2.80. The molecule has 8 heteroatoms. The van der Waals surface area contributed by atoms with Crippen molar-refractivity contribution in [1.82, 2.24) is 4.90 Å². The van der Waals surface area contributed by atoms with Crippen LogP contribution >= 0.6 is 0 Å². The standard InChI is InChI=1S/C23H22FN3O3S/c24-19-8-12-22(13-9-19)31(29,30)25-20-10-6-18(7-11-20)23(28)27-16-14-26(15-17-27)21-4-2-1-3-5-21/h1-13,25H,14-17H2. The number of halogens is 1. The third-order valence-corrected chi connectivity index (χ3v) is 6.59. The average molecular weight is 440 g/mol. The largest absolute Gasteiger partial charge is 0.368 e. The van der Waals surface area contributed by atoms with Crippen LogP contribution in [0.15, 0.2) is 83.8 Å². The molecule has 1 fully saturated rings. The molecule has 1 heterocycles. The molecule has 4 rings (SSSR count). The number of benzene rings is 3. The first-order valence-corrected chi connectivity index (χ1v) is 11.4. The number of carbonyl (C=O) groups excluding carboxylic acids is 1. The summed E-state index contributed by atoms with van der Waals surface area (Å²) in [6.07, 6.45) is 0. The van der Waals surface area contributed by atoms with E-state index in [2.05, 4.69) is 21.8 Å². The monoisotopic (exact) mass is 439 g/mol. The van der Waals surface area contributed by atoms with E-state index in [1.807, 2.05) is 18.2 Å². The number of piperazine rings is 1. The zero-order chi connectivity index (χ0) is 21.8. The Morgan fingerprint density at radius 3 is 2.03 bits per heavy atom. The second-order valence-electron chi connectivity index (χ2n) is 7.25. The van der Waals surface area contributed by atoms with E-state index in [0.717, 1.165) is 30.9 Å². The van der Waals surface area contributed by atoms with Gasteiger partial charge in [0.15, 0.2) is 0 Å². The maximum atomic E-state index is 13.0. The van der Waals surface area contributed by atoms with Gasteiger partial charge in [-0.15, -0.1) is 0 Å². The summed E-state index contributed by atoms with van der Waals surface area (Å²) in [6.45, 7) is 2.75. The molecule has 0 bridgehead atoms. The number of para-hydroxylation sites is 1. The molecule has 160 valence electrons. The molecule has 6 nitrogen and oxygen atoms in total. The highest BCUT2D eigenvalue weighted by molar-refractivity contribution is 7.92. The van der Waals surface area contributed by atoms with Gasteiger partial charge in [0.1, 0.15) is 5.82 Å². The number of anilines is 2. The van der Waals surface area contributed by atoms with Crippen LogP contribution in [0, 0.1) is 5.82 Å². The third-order valence-electron chi connectivity index (χ3n) is 5.20. The molecule has 1 aliphatic rings. The number of hydrogen-bond acceptors (Lipinski definition) is 4. The number of hydrogen-bond donors (Lipinski definition) is 1. The molecule has 1 saturated heterocycles. The van der Waals surface area contributed by atoms with E-state index < -0.39 is 15.8 Å². The first-order valence-electron chi connectivity index (χ1n) is 9.90. The minimum absolute atomic E-state index is 0.0367. The van der Waals surface area contributed by atoms with Crippen molar-refractivity contribution in [3.8, 4) is 0 Å². The van der Waals surface area contributed by atoms with E-state index in [-0.39, 0.29) is 10.8 Å². The topological polar surface area (TPSA) is 69.7 Å². The highest BCUT2D eigenvalue weighted by Crippen LogP contribution is 2.20. The second-order valence-corrected chi connectivity index (χ2v) is 8.93. The van der Waals surface area contributed by atoms with Gasteiger partial charge in [-0.25, -0.2) is 12.8 Å². The lowest BCUT2D eigenvalue weighted by Gasteiger charge is -2.36. The van der Waals surface area contributed by atoms with Crippen molar-refractivity contribution < 1.29 is 17.6 Å². The summed E-state index contributed by atoms with van der Waals surface area (Å²) >= 11 is 0.